The molecule has 1 amide bonds. The van der Waals surface area contributed by atoms with Crippen molar-refractivity contribution in [2.75, 3.05) is 27.2 Å². The van der Waals surface area contributed by atoms with Crippen molar-refractivity contribution in [3.8, 4) is 0 Å². The predicted octanol–water partition coefficient (Wildman–Crippen LogP) is 2.48. The summed E-state index contributed by atoms with van der Waals surface area (Å²) in [7, 11) is 4.13. The van der Waals surface area contributed by atoms with Gasteiger partial charge in [-0.1, -0.05) is 12.1 Å². The van der Waals surface area contributed by atoms with Gasteiger partial charge < -0.3 is 15.0 Å². The molecule has 1 aliphatic rings. The molecule has 4 heteroatoms. The highest BCUT2D eigenvalue weighted by atomic mass is 16.5. The quantitative estimate of drug-likeness (QED) is 0.908. The second-order valence-electron chi connectivity index (χ2n) is 7.02. The summed E-state index contributed by atoms with van der Waals surface area (Å²) >= 11 is 0. The highest BCUT2D eigenvalue weighted by molar-refractivity contribution is 5.94. The van der Waals surface area contributed by atoms with Gasteiger partial charge in [-0.15, -0.1) is 0 Å². The minimum Gasteiger partial charge on any atom is -0.375 e. The van der Waals surface area contributed by atoms with Crippen LogP contribution >= 0.6 is 0 Å². The molecule has 122 valence electrons. The summed E-state index contributed by atoms with van der Waals surface area (Å²) in [4.78, 5) is 14.5. The average Bonchev–Trinajstić information content (AvgIpc) is 2.44. The highest BCUT2D eigenvalue weighted by Gasteiger charge is 2.29. The van der Waals surface area contributed by atoms with E-state index in [0.29, 0.717) is 6.61 Å². The Balaban J connectivity index is 1.89. The van der Waals surface area contributed by atoms with Gasteiger partial charge in [-0.2, -0.15) is 0 Å². The predicted molar refractivity (Wildman–Crippen MR) is 89.2 cm³/mol. The van der Waals surface area contributed by atoms with Crippen LogP contribution in [0, 0.1) is 0 Å². The van der Waals surface area contributed by atoms with Crippen LogP contribution in [0.3, 0.4) is 0 Å². The molecule has 0 spiro atoms. The second-order valence-corrected chi connectivity index (χ2v) is 7.02. The topological polar surface area (TPSA) is 41.6 Å². The molecular weight excluding hydrogens is 276 g/mol. The van der Waals surface area contributed by atoms with Gasteiger partial charge in [0.15, 0.2) is 0 Å². The zero-order chi connectivity index (χ0) is 16.2. The summed E-state index contributed by atoms with van der Waals surface area (Å²) in [5, 5.41) is 3.13. The lowest BCUT2D eigenvalue weighted by atomic mass is 9.93. The van der Waals surface area contributed by atoms with Gasteiger partial charge in [0.1, 0.15) is 0 Å². The lowest BCUT2D eigenvalue weighted by molar-refractivity contribution is -0.0615. The van der Waals surface area contributed by atoms with Crippen LogP contribution in [0.15, 0.2) is 24.3 Å². The molecule has 1 saturated heterocycles. The first-order chi connectivity index (χ1) is 10.4. The number of benzene rings is 1. The molecule has 0 radical (unpaired) electrons. The van der Waals surface area contributed by atoms with Crippen LogP contribution in [-0.4, -0.2) is 49.7 Å². The second kappa shape index (κ2) is 7.25. The van der Waals surface area contributed by atoms with E-state index in [2.05, 4.69) is 38.2 Å². The third-order valence-electron chi connectivity index (χ3n) is 4.10. The zero-order valence-corrected chi connectivity index (χ0v) is 14.2. The van der Waals surface area contributed by atoms with Crippen LogP contribution in [0.2, 0.25) is 0 Å². The molecule has 2 rings (SSSR count). The minimum absolute atomic E-state index is 0.0156. The third kappa shape index (κ3) is 5.11. The van der Waals surface area contributed by atoms with E-state index >= 15 is 0 Å². The van der Waals surface area contributed by atoms with Crippen LogP contribution in [0.4, 0.5) is 0 Å². The maximum Gasteiger partial charge on any atom is 0.251 e. The van der Waals surface area contributed by atoms with Crippen molar-refractivity contribution in [3.63, 3.8) is 0 Å². The summed E-state index contributed by atoms with van der Waals surface area (Å²) in [6, 6.07) is 8.14. The molecule has 1 fully saturated rings. The Hall–Kier alpha value is -1.39. The molecule has 4 nitrogen and oxygen atoms in total. The van der Waals surface area contributed by atoms with Crippen molar-refractivity contribution < 1.29 is 9.53 Å². The van der Waals surface area contributed by atoms with Crippen molar-refractivity contribution in [3.05, 3.63) is 35.4 Å². The Bertz CT molecular complexity index is 494. The average molecular weight is 304 g/mol. The fourth-order valence-corrected chi connectivity index (χ4v) is 2.80. The van der Waals surface area contributed by atoms with Crippen molar-refractivity contribution in [2.45, 2.75) is 44.8 Å². The van der Waals surface area contributed by atoms with E-state index in [-0.39, 0.29) is 17.6 Å². The molecule has 0 aliphatic carbocycles. The van der Waals surface area contributed by atoms with Crippen molar-refractivity contribution in [1.29, 1.82) is 0 Å². The first kappa shape index (κ1) is 17.0. The Morgan fingerprint density at radius 3 is 2.59 bits per heavy atom. The van der Waals surface area contributed by atoms with Gasteiger partial charge in [0, 0.05) is 24.8 Å². The van der Waals surface area contributed by atoms with Gasteiger partial charge in [-0.05, 0) is 64.9 Å². The Morgan fingerprint density at radius 2 is 2.00 bits per heavy atom. The summed E-state index contributed by atoms with van der Waals surface area (Å²) in [5.41, 5.74) is 1.85. The number of nitrogens with one attached hydrogen (secondary N) is 1. The number of nitrogens with zero attached hydrogens (tertiary/aromatic N) is 1. The van der Waals surface area contributed by atoms with Gasteiger partial charge in [-0.25, -0.2) is 0 Å². The molecule has 1 aromatic rings. The number of hydrogen-bond donors (Lipinski definition) is 1. The number of amides is 1. The molecule has 1 unspecified atom stereocenters. The molecule has 1 aliphatic heterocycles. The van der Waals surface area contributed by atoms with Gasteiger partial charge in [0.25, 0.3) is 5.91 Å². The summed E-state index contributed by atoms with van der Waals surface area (Å²) < 4.78 is 5.69. The normalized spacial score (nSPS) is 20.9. The van der Waals surface area contributed by atoms with Crippen molar-refractivity contribution in [2.24, 2.45) is 0 Å². The molecule has 1 N–H and O–H groups in total. The van der Waals surface area contributed by atoms with Crippen LogP contribution in [-0.2, 0) is 11.2 Å². The maximum absolute atomic E-state index is 12.3. The van der Waals surface area contributed by atoms with Crippen molar-refractivity contribution >= 4 is 5.91 Å². The van der Waals surface area contributed by atoms with E-state index in [9.17, 15) is 4.79 Å². The number of ether oxygens (including phenoxy) is 1. The number of rotatable bonds is 5. The summed E-state index contributed by atoms with van der Waals surface area (Å²) in [6.45, 7) is 5.87. The van der Waals surface area contributed by atoms with Crippen LogP contribution in [0.1, 0.15) is 42.6 Å². The van der Waals surface area contributed by atoms with E-state index < -0.39 is 0 Å². The van der Waals surface area contributed by atoms with Crippen LogP contribution in [0.25, 0.3) is 0 Å². The zero-order valence-electron chi connectivity index (χ0n) is 14.2. The highest BCUT2D eigenvalue weighted by Crippen LogP contribution is 2.24. The summed E-state index contributed by atoms with van der Waals surface area (Å²) in [5.74, 6) is 0.0156. The smallest absolute Gasteiger partial charge is 0.251 e. The number of carbonyl (C=O) groups is 1. The Morgan fingerprint density at radius 1 is 1.32 bits per heavy atom. The molecule has 0 bridgehead atoms. The maximum atomic E-state index is 12.3. The van der Waals surface area contributed by atoms with E-state index in [1.54, 1.807) is 0 Å². The molecular formula is C18H28N2O2. The number of carbonyl (C=O) groups excluding carboxylic acids is 1. The molecule has 22 heavy (non-hydrogen) atoms. The standard InChI is InChI=1S/C18H28N2O2/c1-18(2)13-16(10-12-22-18)19-17(21)15-7-5-14(6-8-15)9-11-20(3)4/h5-8,16H,9-13H2,1-4H3,(H,19,21). The minimum atomic E-state index is -0.147. The molecule has 0 saturated carbocycles. The van der Waals surface area contributed by atoms with E-state index in [4.69, 9.17) is 4.74 Å². The SMILES string of the molecule is CN(C)CCc1ccc(C(=O)NC2CCOC(C)(C)C2)cc1. The Kier molecular flexibility index (Phi) is 5.59. The largest absolute Gasteiger partial charge is 0.375 e. The molecule has 0 aromatic heterocycles. The first-order valence-corrected chi connectivity index (χ1v) is 8.04. The number of hydrogen-bond acceptors (Lipinski definition) is 3. The monoisotopic (exact) mass is 304 g/mol. The summed E-state index contributed by atoms with van der Waals surface area (Å²) in [6.07, 6.45) is 2.75. The number of likely N-dealkylation sites (N-methyl/N-ethyl adjacent to an activating group) is 1. The van der Waals surface area contributed by atoms with E-state index in [1.807, 2.05) is 24.3 Å². The Labute approximate surface area is 133 Å². The molecule has 1 aromatic carbocycles. The fraction of sp³-hybridized carbons (Fsp3) is 0.611. The third-order valence-corrected chi connectivity index (χ3v) is 4.10. The van der Waals surface area contributed by atoms with Gasteiger partial charge in [0.05, 0.1) is 5.60 Å². The van der Waals surface area contributed by atoms with Crippen LogP contribution in [0.5, 0.6) is 0 Å². The lowest BCUT2D eigenvalue weighted by Gasteiger charge is -2.35. The van der Waals surface area contributed by atoms with Crippen LogP contribution < -0.4 is 5.32 Å². The van der Waals surface area contributed by atoms with E-state index in [1.165, 1.54) is 5.56 Å². The van der Waals surface area contributed by atoms with Gasteiger partial charge in [0.2, 0.25) is 0 Å². The molecule has 1 atom stereocenters. The molecule has 1 heterocycles. The first-order valence-electron chi connectivity index (χ1n) is 8.04. The van der Waals surface area contributed by atoms with E-state index in [0.717, 1.165) is 31.4 Å². The van der Waals surface area contributed by atoms with Crippen molar-refractivity contribution in [1.82, 2.24) is 10.2 Å². The van der Waals surface area contributed by atoms with Gasteiger partial charge >= 0.3 is 0 Å². The lowest BCUT2D eigenvalue weighted by Crippen LogP contribution is -2.45. The van der Waals surface area contributed by atoms with Gasteiger partial charge in [-0.3, -0.25) is 4.79 Å². The fourth-order valence-electron chi connectivity index (χ4n) is 2.80.